The molecule has 0 unspecified atom stereocenters. The van der Waals surface area contributed by atoms with Crippen molar-refractivity contribution in [3.63, 3.8) is 0 Å². The van der Waals surface area contributed by atoms with E-state index in [2.05, 4.69) is 51.6 Å². The molecule has 4 heteroatoms. The average Bonchev–Trinajstić information content (AvgIpc) is 1.38. The normalized spacial score (nSPS) is 7.00. The van der Waals surface area contributed by atoms with Crippen LogP contribution in [0, 0.1) is 0 Å². The lowest BCUT2D eigenvalue weighted by molar-refractivity contribution is 2.37. The summed E-state index contributed by atoms with van der Waals surface area (Å²) in [4.78, 5) is 0. The third-order valence-corrected chi connectivity index (χ3v) is 2.07. The maximum absolute atomic E-state index is 2.39. The van der Waals surface area contributed by atoms with Crippen LogP contribution in [0.5, 0.6) is 0 Å². The van der Waals surface area contributed by atoms with Crippen LogP contribution in [0.2, 0.25) is 6.82 Å². The van der Waals surface area contributed by atoms with Gasteiger partial charge in [-0.1, -0.05) is 6.82 Å². The summed E-state index contributed by atoms with van der Waals surface area (Å²) < 4.78 is 0.824. The van der Waals surface area contributed by atoms with Crippen LogP contribution < -0.4 is 0 Å². The summed E-state index contributed by atoms with van der Waals surface area (Å²) in [6, 6.07) is 0. The molecule has 0 saturated carbocycles. The predicted octanol–water partition coefficient (Wildman–Crippen LogP) is 1.33. The van der Waals surface area contributed by atoms with Crippen molar-refractivity contribution in [1.82, 2.24) is 0 Å². The lowest BCUT2D eigenvalue weighted by Crippen LogP contribution is -1.97. The van der Waals surface area contributed by atoms with Crippen LogP contribution in [0.3, 0.4) is 0 Å². The Labute approximate surface area is 60.5 Å². The molecule has 0 amide bonds. The van der Waals surface area contributed by atoms with Crippen LogP contribution in [-0.2, 0) is 0 Å². The maximum atomic E-state index is 2.39. The van der Waals surface area contributed by atoms with Gasteiger partial charge in [-0.15, -0.1) is 44.7 Å². The zero-order valence-corrected chi connectivity index (χ0v) is 7.36. The summed E-state index contributed by atoms with van der Waals surface area (Å²) >= 11 is 4.79. The molecule has 0 rings (SSSR count). The first-order valence-corrected chi connectivity index (χ1v) is 4.04. The van der Waals surface area contributed by atoms with Gasteiger partial charge in [-0.3, -0.25) is 0 Å². The van der Waals surface area contributed by atoms with Gasteiger partial charge >= 0.3 is 0 Å². The molecule has 28 valence electrons. The molecule has 0 atom stereocenters. The van der Waals surface area contributed by atoms with Gasteiger partial charge in [0.2, 0.25) is 0 Å². The second-order valence-electron chi connectivity index (χ2n) is 0.799. The highest BCUT2D eigenvalue weighted by atomic mass is 127. The topological polar surface area (TPSA) is 0 Å². The molecule has 0 bridgehead atoms. The standard InChI is InChI=1S/CH4B2I2/c1-2-3(4)5/h2H,1H3. The Kier molecular flexibility index (Phi) is 4.97. The van der Waals surface area contributed by atoms with Gasteiger partial charge < -0.3 is 0 Å². The van der Waals surface area contributed by atoms with E-state index in [4.69, 9.17) is 0 Å². The summed E-state index contributed by atoms with van der Waals surface area (Å²) in [6.07, 6.45) is 0. The average molecular weight is 291 g/mol. The molecule has 0 saturated heterocycles. The molecule has 0 aliphatic heterocycles. The van der Waals surface area contributed by atoms with Crippen molar-refractivity contribution in [2.45, 2.75) is 6.82 Å². The van der Waals surface area contributed by atoms with Gasteiger partial charge in [-0.25, -0.2) is 0 Å². The summed E-state index contributed by atoms with van der Waals surface area (Å²) in [5.74, 6) is 0. The number of halogens is 2. The zero-order valence-electron chi connectivity index (χ0n) is 3.04. The first-order chi connectivity index (χ1) is 2.27. The molecule has 0 spiro atoms. The summed E-state index contributed by atoms with van der Waals surface area (Å²) in [5.41, 5.74) is 0. The van der Waals surface area contributed by atoms with E-state index in [-0.39, 0.29) is 0 Å². The lowest BCUT2D eigenvalue weighted by atomic mass is 9.58. The van der Waals surface area contributed by atoms with E-state index < -0.39 is 0 Å². The van der Waals surface area contributed by atoms with Crippen molar-refractivity contribution in [1.29, 1.82) is 0 Å². The van der Waals surface area contributed by atoms with Gasteiger partial charge in [0, 0.05) is 0 Å². The minimum atomic E-state index is 0.824. The van der Waals surface area contributed by atoms with Crippen molar-refractivity contribution in [3.8, 4) is 0 Å². The molecule has 0 N–H and O–H groups in total. The van der Waals surface area contributed by atoms with Gasteiger partial charge in [0.25, 0.3) is 2.32 Å². The van der Waals surface area contributed by atoms with Crippen LogP contribution in [0.4, 0.5) is 0 Å². The fraction of sp³-hybridized carbons (Fsp3) is 1.00. The predicted molar refractivity (Wildman–Crippen MR) is 46.8 cm³/mol. The third kappa shape index (κ3) is 5.59. The van der Waals surface area contributed by atoms with Crippen molar-refractivity contribution >= 4 is 54.2 Å². The number of hydrogen-bond donors (Lipinski definition) is 0. The Balaban J connectivity index is 2.54. The highest BCUT2D eigenvalue weighted by Crippen LogP contribution is 1.99. The van der Waals surface area contributed by atoms with Gasteiger partial charge in [-0.05, 0) is 0 Å². The van der Waals surface area contributed by atoms with Crippen molar-refractivity contribution in [2.75, 3.05) is 0 Å². The lowest BCUT2D eigenvalue weighted by Gasteiger charge is -1.76. The van der Waals surface area contributed by atoms with Crippen LogP contribution >= 0.6 is 44.7 Å². The SMILES string of the molecule is CBB(I)I. The highest BCUT2D eigenvalue weighted by Gasteiger charge is 1.95. The molecule has 0 heterocycles. The second-order valence-corrected chi connectivity index (χ2v) is 6.19. The first kappa shape index (κ1) is 6.59. The van der Waals surface area contributed by atoms with Gasteiger partial charge in [-0.2, -0.15) is 0 Å². The second kappa shape index (κ2) is 3.77. The fourth-order valence-corrected chi connectivity index (χ4v) is 0. The molecule has 0 fully saturated rings. The van der Waals surface area contributed by atoms with E-state index in [9.17, 15) is 0 Å². The Morgan fingerprint density at radius 3 is 1.80 bits per heavy atom. The number of hydrogen-bond acceptors (Lipinski definition) is 0. The summed E-state index contributed by atoms with van der Waals surface area (Å²) in [6.45, 7) is 2.18. The van der Waals surface area contributed by atoms with Gasteiger partial charge in [0.15, 0.2) is 0 Å². The molecule has 0 aliphatic carbocycles. The van der Waals surface area contributed by atoms with Crippen molar-refractivity contribution < 1.29 is 0 Å². The van der Waals surface area contributed by atoms with E-state index >= 15 is 0 Å². The third-order valence-electron chi connectivity index (χ3n) is 0.309. The van der Waals surface area contributed by atoms with Gasteiger partial charge in [0.05, 0.1) is 0 Å². The number of rotatable bonds is 1. The Bertz CT molecular complexity index is 21.6. The molecular weight excluding hydrogens is 287 g/mol. The minimum absolute atomic E-state index is 0.824. The molecule has 5 heavy (non-hydrogen) atoms. The van der Waals surface area contributed by atoms with Gasteiger partial charge in [0.1, 0.15) is 7.17 Å². The summed E-state index contributed by atoms with van der Waals surface area (Å²) in [7, 11) is 1.28. The quantitative estimate of drug-likeness (QED) is 0.505. The molecule has 0 radical (unpaired) electrons. The van der Waals surface area contributed by atoms with Crippen molar-refractivity contribution in [3.05, 3.63) is 0 Å². The fourth-order valence-electron chi connectivity index (χ4n) is 0. The zero-order chi connectivity index (χ0) is 4.28. The highest BCUT2D eigenvalue weighted by molar-refractivity contribution is 14.3. The molecule has 0 aromatic rings. The Morgan fingerprint density at radius 1 is 1.60 bits per heavy atom. The monoisotopic (exact) mass is 292 g/mol. The Morgan fingerprint density at radius 2 is 1.80 bits per heavy atom. The molecule has 0 aromatic carbocycles. The van der Waals surface area contributed by atoms with E-state index in [1.807, 2.05) is 0 Å². The smallest absolute Gasteiger partial charge is 0.145 e. The van der Waals surface area contributed by atoms with E-state index in [0.29, 0.717) is 0 Å². The largest absolute Gasteiger partial charge is 0.251 e. The van der Waals surface area contributed by atoms with E-state index in [1.54, 1.807) is 0 Å². The Hall–Kier alpha value is 1.59. The summed E-state index contributed by atoms with van der Waals surface area (Å²) in [5, 5.41) is 0. The minimum Gasteiger partial charge on any atom is -0.145 e. The van der Waals surface area contributed by atoms with Crippen molar-refractivity contribution in [2.24, 2.45) is 0 Å². The van der Waals surface area contributed by atoms with E-state index in [0.717, 1.165) is 2.32 Å². The molecule has 0 aliphatic rings. The maximum Gasteiger partial charge on any atom is 0.251 e. The first-order valence-electron chi connectivity index (χ1n) is 1.55. The van der Waals surface area contributed by atoms with Crippen LogP contribution in [0.1, 0.15) is 0 Å². The van der Waals surface area contributed by atoms with Crippen LogP contribution in [0.25, 0.3) is 0 Å². The van der Waals surface area contributed by atoms with E-state index in [1.165, 1.54) is 7.17 Å². The van der Waals surface area contributed by atoms with Crippen LogP contribution in [-0.4, -0.2) is 9.49 Å². The molecule has 0 aromatic heterocycles. The molecular formula is CH4B2I2. The van der Waals surface area contributed by atoms with Crippen LogP contribution in [0.15, 0.2) is 0 Å². The molecule has 0 nitrogen and oxygen atoms in total.